The number of amides is 1. The minimum absolute atomic E-state index is 0.194. The van der Waals surface area contributed by atoms with E-state index in [1.807, 2.05) is 0 Å². The van der Waals surface area contributed by atoms with Crippen LogP contribution >= 0.6 is 22.9 Å². The molecule has 3 aromatic heterocycles. The van der Waals surface area contributed by atoms with Crippen molar-refractivity contribution >= 4 is 39.1 Å². The quantitative estimate of drug-likeness (QED) is 0.728. The molecule has 0 aliphatic heterocycles. The topological polar surface area (TPSA) is 81.8 Å². The van der Waals surface area contributed by atoms with E-state index in [1.54, 1.807) is 25.3 Å². The molecule has 0 saturated carbocycles. The van der Waals surface area contributed by atoms with Crippen LogP contribution in [-0.4, -0.2) is 25.3 Å². The standard InChI is InChI=1S/C17H18ClN5O2S/c1-8-4-5-10-12(6-8)26-16-13(10)17(25)23(9(2)20-16)21-15(24)14-11(18)7-19-22(14)3/h7-8H,4-6H2,1-3H3,(H,21,24). The summed E-state index contributed by atoms with van der Waals surface area (Å²) in [4.78, 5) is 32.2. The summed E-state index contributed by atoms with van der Waals surface area (Å²) in [6.07, 6.45) is 4.30. The minimum atomic E-state index is -0.501. The molecule has 7 nitrogen and oxygen atoms in total. The van der Waals surface area contributed by atoms with E-state index in [1.165, 1.54) is 20.4 Å². The second-order valence-electron chi connectivity index (χ2n) is 6.74. The summed E-state index contributed by atoms with van der Waals surface area (Å²) in [7, 11) is 1.62. The molecule has 0 bridgehead atoms. The lowest BCUT2D eigenvalue weighted by Gasteiger charge is -2.17. The highest BCUT2D eigenvalue weighted by molar-refractivity contribution is 7.18. The minimum Gasteiger partial charge on any atom is -0.267 e. The Morgan fingerprint density at radius 2 is 2.23 bits per heavy atom. The Kier molecular flexibility index (Phi) is 4.11. The van der Waals surface area contributed by atoms with Crippen molar-refractivity contribution in [3.05, 3.63) is 43.5 Å². The zero-order valence-corrected chi connectivity index (χ0v) is 16.2. The van der Waals surface area contributed by atoms with Gasteiger partial charge in [0.05, 0.1) is 16.6 Å². The van der Waals surface area contributed by atoms with Crippen LogP contribution in [0.2, 0.25) is 5.02 Å². The molecule has 0 radical (unpaired) electrons. The average Bonchev–Trinajstić information content (AvgIpc) is 3.10. The number of nitrogens with zero attached hydrogens (tertiary/aromatic N) is 4. The van der Waals surface area contributed by atoms with E-state index in [-0.39, 0.29) is 16.3 Å². The van der Waals surface area contributed by atoms with Gasteiger partial charge in [-0.25, -0.2) is 9.66 Å². The fourth-order valence-electron chi connectivity index (χ4n) is 3.44. The fraction of sp³-hybridized carbons (Fsp3) is 0.412. The SMILES string of the molecule is Cc1nc2sc3c(c2c(=O)n1NC(=O)c1c(Cl)cnn1C)CCC(C)C3. The molecule has 0 fully saturated rings. The molecule has 1 N–H and O–H groups in total. The summed E-state index contributed by atoms with van der Waals surface area (Å²) >= 11 is 7.62. The van der Waals surface area contributed by atoms with Gasteiger partial charge in [0.25, 0.3) is 11.5 Å². The number of carbonyl (C=O) groups excluding carboxylic acids is 1. The Morgan fingerprint density at radius 1 is 1.46 bits per heavy atom. The first-order valence-corrected chi connectivity index (χ1v) is 9.59. The second kappa shape index (κ2) is 6.21. The predicted molar refractivity (Wildman–Crippen MR) is 102 cm³/mol. The summed E-state index contributed by atoms with van der Waals surface area (Å²) in [6.45, 7) is 3.93. The van der Waals surface area contributed by atoms with Gasteiger partial charge >= 0.3 is 0 Å². The van der Waals surface area contributed by atoms with E-state index in [9.17, 15) is 9.59 Å². The molecule has 1 unspecified atom stereocenters. The maximum atomic E-state index is 13.1. The van der Waals surface area contributed by atoms with Crippen LogP contribution in [0.15, 0.2) is 11.0 Å². The lowest BCUT2D eigenvalue weighted by molar-refractivity contribution is 0.0997. The Labute approximate surface area is 158 Å². The summed E-state index contributed by atoms with van der Waals surface area (Å²) in [5.41, 5.74) is 3.66. The van der Waals surface area contributed by atoms with Crippen LogP contribution in [0.3, 0.4) is 0 Å². The van der Waals surface area contributed by atoms with Gasteiger partial charge in [-0.05, 0) is 37.7 Å². The van der Waals surface area contributed by atoms with Crippen LogP contribution in [0.1, 0.15) is 40.1 Å². The molecule has 3 aromatic rings. The Bertz CT molecular complexity index is 1080. The van der Waals surface area contributed by atoms with Gasteiger partial charge < -0.3 is 0 Å². The number of halogens is 1. The number of aromatic nitrogens is 4. The number of carbonyl (C=O) groups is 1. The molecule has 0 saturated heterocycles. The number of aryl methyl sites for hydroxylation is 3. The van der Waals surface area contributed by atoms with Crippen LogP contribution in [-0.2, 0) is 19.9 Å². The molecular weight excluding hydrogens is 374 g/mol. The summed E-state index contributed by atoms with van der Waals surface area (Å²) < 4.78 is 2.58. The van der Waals surface area contributed by atoms with Gasteiger partial charge in [-0.1, -0.05) is 18.5 Å². The van der Waals surface area contributed by atoms with Crippen LogP contribution in [0.4, 0.5) is 0 Å². The molecule has 3 heterocycles. The highest BCUT2D eigenvalue weighted by Crippen LogP contribution is 2.35. The van der Waals surface area contributed by atoms with Gasteiger partial charge in [0, 0.05) is 11.9 Å². The Morgan fingerprint density at radius 3 is 2.92 bits per heavy atom. The lowest BCUT2D eigenvalue weighted by atomic mass is 9.89. The van der Waals surface area contributed by atoms with Crippen molar-refractivity contribution < 1.29 is 4.79 Å². The summed E-state index contributed by atoms with van der Waals surface area (Å²) in [6, 6.07) is 0. The molecular formula is C17H18ClN5O2S. The maximum absolute atomic E-state index is 13.1. The number of thiophene rings is 1. The molecule has 0 aromatic carbocycles. The predicted octanol–water partition coefficient (Wildman–Crippen LogP) is 2.66. The van der Waals surface area contributed by atoms with Gasteiger partial charge in [0.2, 0.25) is 0 Å². The van der Waals surface area contributed by atoms with E-state index in [4.69, 9.17) is 11.6 Å². The molecule has 26 heavy (non-hydrogen) atoms. The van der Waals surface area contributed by atoms with Crippen molar-refractivity contribution in [2.45, 2.75) is 33.1 Å². The van der Waals surface area contributed by atoms with Gasteiger partial charge in [-0.2, -0.15) is 5.10 Å². The number of nitrogens with one attached hydrogen (secondary N) is 1. The number of fused-ring (bicyclic) bond motifs is 3. The van der Waals surface area contributed by atoms with Gasteiger partial charge in [0.15, 0.2) is 0 Å². The molecule has 1 atom stereocenters. The van der Waals surface area contributed by atoms with Crippen LogP contribution in [0.5, 0.6) is 0 Å². The molecule has 1 aliphatic carbocycles. The largest absolute Gasteiger partial charge is 0.290 e. The zero-order chi connectivity index (χ0) is 18.6. The first-order chi connectivity index (χ1) is 12.4. The van der Waals surface area contributed by atoms with E-state index in [2.05, 4.69) is 22.4 Å². The van der Waals surface area contributed by atoms with E-state index in [0.29, 0.717) is 17.1 Å². The highest BCUT2D eigenvalue weighted by atomic mass is 35.5. The molecule has 1 amide bonds. The lowest BCUT2D eigenvalue weighted by Crippen LogP contribution is -2.36. The Balaban J connectivity index is 1.81. The van der Waals surface area contributed by atoms with Crippen molar-refractivity contribution in [1.82, 2.24) is 19.4 Å². The van der Waals surface area contributed by atoms with Crippen LogP contribution < -0.4 is 11.0 Å². The summed E-state index contributed by atoms with van der Waals surface area (Å²) in [5, 5.41) is 4.81. The maximum Gasteiger partial charge on any atom is 0.290 e. The fourth-order valence-corrected chi connectivity index (χ4v) is 5.11. The zero-order valence-electron chi connectivity index (χ0n) is 14.7. The van der Waals surface area contributed by atoms with Crippen molar-refractivity contribution in [2.24, 2.45) is 13.0 Å². The van der Waals surface area contributed by atoms with Crippen molar-refractivity contribution in [2.75, 3.05) is 5.43 Å². The van der Waals surface area contributed by atoms with Crippen LogP contribution in [0.25, 0.3) is 10.2 Å². The third-order valence-electron chi connectivity index (χ3n) is 4.82. The Hall–Kier alpha value is -2.19. The number of hydrogen-bond acceptors (Lipinski definition) is 5. The molecule has 9 heteroatoms. The molecule has 1 aliphatic rings. The van der Waals surface area contributed by atoms with Crippen molar-refractivity contribution in [3.63, 3.8) is 0 Å². The molecule has 136 valence electrons. The second-order valence-corrected chi connectivity index (χ2v) is 8.23. The normalized spacial score (nSPS) is 16.7. The van der Waals surface area contributed by atoms with Crippen LogP contribution in [0, 0.1) is 12.8 Å². The van der Waals surface area contributed by atoms with E-state index < -0.39 is 5.91 Å². The van der Waals surface area contributed by atoms with E-state index in [0.717, 1.165) is 29.7 Å². The highest BCUT2D eigenvalue weighted by Gasteiger charge is 2.25. The average molecular weight is 392 g/mol. The van der Waals surface area contributed by atoms with E-state index >= 15 is 0 Å². The van der Waals surface area contributed by atoms with Gasteiger partial charge in [-0.15, -0.1) is 11.3 Å². The number of hydrogen-bond donors (Lipinski definition) is 1. The number of rotatable bonds is 2. The van der Waals surface area contributed by atoms with Gasteiger partial charge in [0.1, 0.15) is 16.3 Å². The third-order valence-corrected chi connectivity index (χ3v) is 6.24. The van der Waals surface area contributed by atoms with Crippen molar-refractivity contribution in [1.29, 1.82) is 0 Å². The smallest absolute Gasteiger partial charge is 0.267 e. The monoisotopic (exact) mass is 391 g/mol. The molecule has 4 rings (SSSR count). The van der Waals surface area contributed by atoms with Crippen molar-refractivity contribution in [3.8, 4) is 0 Å². The summed E-state index contributed by atoms with van der Waals surface area (Å²) in [5.74, 6) is 0.547. The van der Waals surface area contributed by atoms with Gasteiger partial charge in [-0.3, -0.25) is 19.7 Å². The molecule has 0 spiro atoms. The first-order valence-electron chi connectivity index (χ1n) is 8.39. The third kappa shape index (κ3) is 2.64. The first kappa shape index (κ1) is 17.2.